The number of ether oxygens (including phenoxy) is 1. The van der Waals surface area contributed by atoms with Gasteiger partial charge in [0.25, 0.3) is 0 Å². The van der Waals surface area contributed by atoms with Gasteiger partial charge in [0.05, 0.1) is 6.61 Å². The standard InChI is InChI=1S/C16H25N3O/c1-16(2,3)19-15(17-4)18-11-12-9-10-20-14-8-6-5-7-13(12)14/h5-8,12H,9-11H2,1-4H3,(H2,17,18,19). The van der Waals surface area contributed by atoms with Crippen LogP contribution in [0.3, 0.4) is 0 Å². The lowest BCUT2D eigenvalue weighted by Gasteiger charge is -2.28. The van der Waals surface area contributed by atoms with Gasteiger partial charge in [0.2, 0.25) is 0 Å². The molecule has 1 aromatic carbocycles. The van der Waals surface area contributed by atoms with Crippen LogP contribution in [-0.2, 0) is 0 Å². The van der Waals surface area contributed by atoms with E-state index in [0.717, 1.165) is 31.3 Å². The SMILES string of the molecule is CN=C(NCC1CCOc2ccccc21)NC(C)(C)C. The number of rotatable bonds is 2. The van der Waals surface area contributed by atoms with E-state index in [0.29, 0.717) is 5.92 Å². The zero-order valence-electron chi connectivity index (χ0n) is 12.9. The molecule has 1 aromatic rings. The van der Waals surface area contributed by atoms with E-state index >= 15 is 0 Å². The highest BCUT2D eigenvalue weighted by Gasteiger charge is 2.21. The molecule has 1 atom stereocenters. The molecule has 0 saturated carbocycles. The average Bonchev–Trinajstić information content (AvgIpc) is 2.42. The fraction of sp³-hybridized carbons (Fsp3) is 0.562. The summed E-state index contributed by atoms with van der Waals surface area (Å²) in [5.74, 6) is 2.34. The van der Waals surface area contributed by atoms with Gasteiger partial charge in [-0.25, -0.2) is 0 Å². The van der Waals surface area contributed by atoms with E-state index in [-0.39, 0.29) is 5.54 Å². The van der Waals surface area contributed by atoms with Crippen molar-refractivity contribution >= 4 is 5.96 Å². The number of benzene rings is 1. The van der Waals surface area contributed by atoms with Gasteiger partial charge >= 0.3 is 0 Å². The van der Waals surface area contributed by atoms with Crippen molar-refractivity contribution in [2.75, 3.05) is 20.2 Å². The molecule has 20 heavy (non-hydrogen) atoms. The van der Waals surface area contributed by atoms with Gasteiger partial charge in [-0.1, -0.05) is 18.2 Å². The minimum atomic E-state index is 0.00935. The normalized spacial score (nSPS) is 19.0. The molecular weight excluding hydrogens is 250 g/mol. The molecule has 0 aliphatic carbocycles. The molecule has 4 heteroatoms. The lowest BCUT2D eigenvalue weighted by atomic mass is 9.93. The van der Waals surface area contributed by atoms with E-state index in [9.17, 15) is 0 Å². The van der Waals surface area contributed by atoms with Crippen molar-refractivity contribution in [2.45, 2.75) is 38.6 Å². The Kier molecular flexibility index (Phi) is 4.53. The fourth-order valence-corrected chi connectivity index (χ4v) is 2.38. The van der Waals surface area contributed by atoms with E-state index in [4.69, 9.17) is 4.74 Å². The second-order valence-corrected chi connectivity index (χ2v) is 6.20. The molecule has 0 fully saturated rings. The van der Waals surface area contributed by atoms with Gasteiger partial charge in [-0.15, -0.1) is 0 Å². The number of para-hydroxylation sites is 1. The third-order valence-electron chi connectivity index (χ3n) is 3.32. The first-order valence-corrected chi connectivity index (χ1v) is 7.20. The zero-order chi connectivity index (χ0) is 14.6. The van der Waals surface area contributed by atoms with Crippen LogP contribution in [0.25, 0.3) is 0 Å². The number of guanidine groups is 1. The highest BCUT2D eigenvalue weighted by Crippen LogP contribution is 2.32. The predicted octanol–water partition coefficient (Wildman–Crippen LogP) is 2.52. The Labute approximate surface area is 121 Å². The highest BCUT2D eigenvalue weighted by molar-refractivity contribution is 5.80. The fourth-order valence-electron chi connectivity index (χ4n) is 2.38. The van der Waals surface area contributed by atoms with Crippen LogP contribution in [0, 0.1) is 0 Å². The van der Waals surface area contributed by atoms with Gasteiger partial charge in [0.1, 0.15) is 5.75 Å². The largest absolute Gasteiger partial charge is 0.493 e. The van der Waals surface area contributed by atoms with E-state index < -0.39 is 0 Å². The van der Waals surface area contributed by atoms with Crippen LogP contribution in [0.4, 0.5) is 0 Å². The van der Waals surface area contributed by atoms with Gasteiger partial charge < -0.3 is 15.4 Å². The van der Waals surface area contributed by atoms with Crippen LogP contribution in [0.5, 0.6) is 5.75 Å². The van der Waals surface area contributed by atoms with Gasteiger partial charge in [-0.05, 0) is 38.8 Å². The summed E-state index contributed by atoms with van der Waals surface area (Å²) >= 11 is 0. The summed E-state index contributed by atoms with van der Waals surface area (Å²) in [5, 5.41) is 6.80. The monoisotopic (exact) mass is 275 g/mol. The summed E-state index contributed by atoms with van der Waals surface area (Å²) in [6.07, 6.45) is 1.04. The topological polar surface area (TPSA) is 45.7 Å². The Morgan fingerprint density at radius 3 is 2.80 bits per heavy atom. The van der Waals surface area contributed by atoms with Crippen LogP contribution in [0.1, 0.15) is 38.7 Å². The smallest absolute Gasteiger partial charge is 0.191 e. The molecule has 4 nitrogen and oxygen atoms in total. The first kappa shape index (κ1) is 14.7. The molecule has 1 heterocycles. The van der Waals surface area contributed by atoms with Crippen molar-refractivity contribution in [3.8, 4) is 5.75 Å². The Balaban J connectivity index is 1.98. The van der Waals surface area contributed by atoms with Crippen molar-refractivity contribution in [2.24, 2.45) is 4.99 Å². The van der Waals surface area contributed by atoms with Crippen molar-refractivity contribution in [3.63, 3.8) is 0 Å². The quantitative estimate of drug-likeness (QED) is 0.644. The molecule has 0 spiro atoms. The minimum absolute atomic E-state index is 0.00935. The Morgan fingerprint density at radius 2 is 2.10 bits per heavy atom. The van der Waals surface area contributed by atoms with Crippen LogP contribution in [0.15, 0.2) is 29.3 Å². The zero-order valence-corrected chi connectivity index (χ0v) is 12.9. The molecule has 2 rings (SSSR count). The summed E-state index contributed by atoms with van der Waals surface area (Å²) in [6, 6.07) is 8.29. The summed E-state index contributed by atoms with van der Waals surface area (Å²) < 4.78 is 5.69. The third kappa shape index (κ3) is 3.89. The molecule has 0 radical (unpaired) electrons. The Hall–Kier alpha value is -1.71. The molecular formula is C16H25N3O. The summed E-state index contributed by atoms with van der Waals surface area (Å²) in [4.78, 5) is 4.28. The number of hydrogen-bond acceptors (Lipinski definition) is 2. The van der Waals surface area contributed by atoms with Crippen LogP contribution >= 0.6 is 0 Å². The lowest BCUT2D eigenvalue weighted by Crippen LogP contribution is -2.48. The maximum Gasteiger partial charge on any atom is 0.191 e. The molecule has 0 bridgehead atoms. The minimum Gasteiger partial charge on any atom is -0.493 e. The second kappa shape index (κ2) is 6.16. The van der Waals surface area contributed by atoms with Gasteiger partial charge in [0.15, 0.2) is 5.96 Å². The van der Waals surface area contributed by atoms with E-state index in [2.05, 4.69) is 48.5 Å². The maximum atomic E-state index is 5.69. The van der Waals surface area contributed by atoms with Crippen molar-refractivity contribution in [1.29, 1.82) is 0 Å². The predicted molar refractivity (Wildman–Crippen MR) is 83.5 cm³/mol. The van der Waals surface area contributed by atoms with Crippen molar-refractivity contribution in [3.05, 3.63) is 29.8 Å². The number of aliphatic imine (C=N–C) groups is 1. The van der Waals surface area contributed by atoms with Crippen LogP contribution < -0.4 is 15.4 Å². The molecule has 0 saturated heterocycles. The molecule has 0 aromatic heterocycles. The number of nitrogens with one attached hydrogen (secondary N) is 2. The van der Waals surface area contributed by atoms with Crippen LogP contribution in [-0.4, -0.2) is 31.7 Å². The lowest BCUT2D eigenvalue weighted by molar-refractivity contribution is 0.267. The molecule has 2 N–H and O–H groups in total. The first-order valence-electron chi connectivity index (χ1n) is 7.20. The van der Waals surface area contributed by atoms with E-state index in [1.807, 2.05) is 12.1 Å². The molecule has 1 aliphatic rings. The first-order chi connectivity index (χ1) is 9.49. The maximum absolute atomic E-state index is 5.69. The molecule has 110 valence electrons. The third-order valence-corrected chi connectivity index (χ3v) is 3.32. The van der Waals surface area contributed by atoms with Gasteiger partial charge in [-0.2, -0.15) is 0 Å². The van der Waals surface area contributed by atoms with E-state index in [1.165, 1.54) is 5.56 Å². The second-order valence-electron chi connectivity index (χ2n) is 6.20. The highest BCUT2D eigenvalue weighted by atomic mass is 16.5. The van der Waals surface area contributed by atoms with Crippen LogP contribution in [0.2, 0.25) is 0 Å². The van der Waals surface area contributed by atoms with Crippen molar-refractivity contribution in [1.82, 2.24) is 10.6 Å². The number of fused-ring (bicyclic) bond motifs is 1. The van der Waals surface area contributed by atoms with Gasteiger partial charge in [0, 0.05) is 25.0 Å². The van der Waals surface area contributed by atoms with E-state index in [1.54, 1.807) is 7.05 Å². The number of hydrogen-bond donors (Lipinski definition) is 2. The molecule has 1 aliphatic heterocycles. The summed E-state index contributed by atoms with van der Waals surface area (Å²) in [6.45, 7) is 8.04. The van der Waals surface area contributed by atoms with Crippen molar-refractivity contribution < 1.29 is 4.74 Å². The summed E-state index contributed by atoms with van der Waals surface area (Å²) in [5.41, 5.74) is 1.30. The summed E-state index contributed by atoms with van der Waals surface area (Å²) in [7, 11) is 1.80. The molecule has 0 amide bonds. The van der Waals surface area contributed by atoms with Gasteiger partial charge in [-0.3, -0.25) is 4.99 Å². The Bertz CT molecular complexity index is 477. The Morgan fingerprint density at radius 1 is 1.35 bits per heavy atom. The molecule has 1 unspecified atom stereocenters. The average molecular weight is 275 g/mol. The number of nitrogens with zero attached hydrogens (tertiary/aromatic N) is 1.